The molecule has 0 radical (unpaired) electrons. The van der Waals surface area contributed by atoms with Crippen LogP contribution in [0.25, 0.3) is 0 Å². The zero-order valence-corrected chi connectivity index (χ0v) is 97.2. The molecule has 0 heterocycles. The summed E-state index contributed by atoms with van der Waals surface area (Å²) in [6, 6.07) is 0. The van der Waals surface area contributed by atoms with Crippen LogP contribution >= 0.6 is 0 Å². The molecule has 2 aliphatic rings. The lowest BCUT2D eigenvalue weighted by Gasteiger charge is -2.30. The predicted octanol–water partition coefficient (Wildman–Crippen LogP) is 17.9. The van der Waals surface area contributed by atoms with E-state index in [2.05, 4.69) is 6.92 Å². The average Bonchev–Trinajstić information content (AvgIpc) is 1.76. The Bertz CT molecular complexity index is 3960. The Hall–Kier alpha value is -10.6. The van der Waals surface area contributed by atoms with Crippen molar-refractivity contribution in [2.75, 3.05) is 13.2 Å². The second-order valence-corrected chi connectivity index (χ2v) is 42.4. The van der Waals surface area contributed by atoms with Crippen LogP contribution < -0.4 is 0 Å². The van der Waals surface area contributed by atoms with Gasteiger partial charge in [0.25, 0.3) is 0 Å². The maximum Gasteiger partial charge on any atom is 0.350 e. The molecule has 3 atom stereocenters. The van der Waals surface area contributed by atoms with Gasteiger partial charge < -0.3 is 94.7 Å². The zero-order chi connectivity index (χ0) is 117. The molecule has 40 nitrogen and oxygen atoms in total. The highest BCUT2D eigenvalue weighted by atomic mass is 16.7. The Labute approximate surface area is 863 Å². The maximum absolute atomic E-state index is 11.7. The van der Waals surface area contributed by atoms with Crippen molar-refractivity contribution in [3.8, 4) is 0 Å². The minimum absolute atomic E-state index is 0.0253. The summed E-state index contributed by atoms with van der Waals surface area (Å²) >= 11 is 0. The molecule has 2 aliphatic carbocycles. The molecule has 0 saturated heterocycles. The first-order valence-corrected chi connectivity index (χ1v) is 49.0. The molecular weight excluding hydrogens is 1900 g/mol. The van der Waals surface area contributed by atoms with Crippen LogP contribution in [0.3, 0.4) is 0 Å². The van der Waals surface area contributed by atoms with E-state index in [9.17, 15) is 95.9 Å². The Kier molecular flexibility index (Phi) is 71.0. The van der Waals surface area contributed by atoms with Crippen LogP contribution in [0, 0.1) is 11.3 Å². The third-order valence-electron chi connectivity index (χ3n) is 18.6. The van der Waals surface area contributed by atoms with Gasteiger partial charge in [0.1, 0.15) is 35.6 Å². The number of hydrogen-bond donors (Lipinski definition) is 0. The van der Waals surface area contributed by atoms with Gasteiger partial charge in [0, 0.05) is 69.2 Å². The van der Waals surface area contributed by atoms with E-state index in [-0.39, 0.29) is 48.0 Å². The van der Waals surface area contributed by atoms with E-state index < -0.39 is 187 Å². The second kappa shape index (κ2) is 68.8. The fourth-order valence-corrected chi connectivity index (χ4v) is 9.66. The smallest absolute Gasteiger partial charge is 0.350 e. The molecule has 2 saturated carbocycles. The third kappa shape index (κ3) is 79.3. The third-order valence-corrected chi connectivity index (χ3v) is 18.6. The number of carbonyl (C=O) groups is 20. The van der Waals surface area contributed by atoms with Gasteiger partial charge in [0.2, 0.25) is 56.0 Å². The highest BCUT2D eigenvalue weighted by Gasteiger charge is 2.44. The molecule has 0 aromatic carbocycles. The summed E-state index contributed by atoms with van der Waals surface area (Å²) in [5.74, 6) is -9.66. The number of esters is 20. The van der Waals surface area contributed by atoms with Gasteiger partial charge in [-0.25, -0.2) is 47.9 Å². The summed E-state index contributed by atoms with van der Waals surface area (Å²) in [4.78, 5) is 223. The van der Waals surface area contributed by atoms with Crippen molar-refractivity contribution in [2.45, 2.75) is 533 Å². The van der Waals surface area contributed by atoms with E-state index in [0.717, 1.165) is 83.5 Å². The first kappa shape index (κ1) is 150. The molecule has 0 aromatic rings. The molecule has 0 amide bonds. The monoisotopic (exact) mass is 2090 g/mol. The van der Waals surface area contributed by atoms with Crippen LogP contribution in [0.4, 0.5) is 0 Å². The highest BCUT2D eigenvalue weighted by molar-refractivity contribution is 5.88. The number of unbranched alkanes of at least 4 members (excludes halogenated alkanes) is 2. The minimum atomic E-state index is -1.22. The summed E-state index contributed by atoms with van der Waals surface area (Å²) in [5, 5.41) is 0. The van der Waals surface area contributed by atoms with E-state index in [1.54, 1.807) is 27.7 Å². The van der Waals surface area contributed by atoms with Gasteiger partial charge in [0.15, 0.2) is 0 Å². The Balaban J connectivity index is -0.000000240. The Morgan fingerprint density at radius 3 is 0.752 bits per heavy atom. The average molecular weight is 2090 g/mol. The van der Waals surface area contributed by atoms with Gasteiger partial charge in [-0.1, -0.05) is 95.4 Å². The van der Waals surface area contributed by atoms with Gasteiger partial charge in [0.05, 0.1) is 25.4 Å². The summed E-state index contributed by atoms with van der Waals surface area (Å²) in [6.07, 6.45) is 11.9. The van der Waals surface area contributed by atoms with E-state index in [0.29, 0.717) is 19.6 Å². The van der Waals surface area contributed by atoms with Crippen LogP contribution in [0.5, 0.6) is 0 Å². The summed E-state index contributed by atoms with van der Waals surface area (Å²) in [5.41, 5.74) is -13.2. The number of hydrogen-bond acceptors (Lipinski definition) is 40. The SMILES string of the molecule is CC(=O)OC(C)(C)C(=O)OC(C)(C)C.CC(=O)OC(C)(C)C(=O)OC(C)C(C)C.CC(=O)OC(C)(C)C(=O)OC1CC1.CC(=O)OC(C)(C)C(=O)OC1CCC1.CC(=O)OC(C)(C)C(=O)OCC(C)(C)C.CCC(C)(C)OC(=O)C(C)(C)OC(C)=O.CCC(C)OC(=O)C(C)(C)OC(C)=O.CCC(CC)OC(=O)C(C)(C)OC(C)=O.CCCC(C)OC(=O)C(C)(C)OC(C)=O.CCCCCOC(=O)C(C)(C)OC(C)=O. The van der Waals surface area contributed by atoms with Gasteiger partial charge in [-0.05, 0) is 276 Å². The first-order chi connectivity index (χ1) is 65.0. The van der Waals surface area contributed by atoms with E-state index >= 15 is 0 Å². The Morgan fingerprint density at radius 2 is 0.517 bits per heavy atom. The molecule has 3 unspecified atom stereocenters. The molecular formula is C105H186O40. The number of carbonyl (C=O) groups excluding carboxylic acids is 20. The maximum atomic E-state index is 11.7. The fraction of sp³-hybridized carbons (Fsp3) is 0.810. The van der Waals surface area contributed by atoms with Crippen molar-refractivity contribution in [3.63, 3.8) is 0 Å². The highest BCUT2D eigenvalue weighted by Crippen LogP contribution is 2.30. The predicted molar refractivity (Wildman–Crippen MR) is 536 cm³/mol. The summed E-state index contributed by atoms with van der Waals surface area (Å²) in [6.45, 7) is 79.7. The van der Waals surface area contributed by atoms with Gasteiger partial charge in [-0.2, -0.15) is 0 Å². The second-order valence-electron chi connectivity index (χ2n) is 42.4. The standard InChI is InChI=1S/6C11H20O4.C10H16O4.2C10H18O4.C9H14O4/c1-8(12)15-11(5,6)9(13)14-7-10(2,3)4;1-7-10(3,4)15-9(13)11(5,6)14-8(2)12;1-7(2)8(3)14-10(13)11(5,6)15-9(4)12;1-6-7-8(2)14-10(13)11(4,5)15-9(3)12;1-6-9(7-2)14-10(13)11(4,5)15-8(3)12;1-5-6-7-8-14-10(13)11(3,4)15-9(2)12;1-7(11)14-10(2,3)9(12)13-8-5-4-6-8;1-7(11)13-10(5,6)8(12)14-9(2,3)4;1-6-7(2)13-9(12)10(4,5)14-8(3)11;1-6(10)13-9(2,3)8(11)12-7-4-5-7/h2*7H2,1-6H3;7-8H,1-6H3;8H,6-7H2,1-5H3;9H,6-7H2,1-5H3;5-8H2,1-4H3;8H,4-6H2,1-3H3;1-6H3;7H,6H2,1-5H3;7H,4-5H2,1-3H3. The van der Waals surface area contributed by atoms with Crippen molar-refractivity contribution in [1.29, 1.82) is 0 Å². The molecule has 2 rings (SSSR count). The summed E-state index contributed by atoms with van der Waals surface area (Å²) < 4.78 is 99.6. The van der Waals surface area contributed by atoms with Crippen molar-refractivity contribution >= 4 is 119 Å². The molecule has 145 heavy (non-hydrogen) atoms. The van der Waals surface area contributed by atoms with Crippen molar-refractivity contribution < 1.29 is 191 Å². The van der Waals surface area contributed by atoms with E-state index in [1.807, 2.05) is 96.9 Å². The first-order valence-electron chi connectivity index (χ1n) is 49.0. The van der Waals surface area contributed by atoms with Gasteiger partial charge in [-0.15, -0.1) is 0 Å². The lowest BCUT2D eigenvalue weighted by atomic mass is 9.96. The van der Waals surface area contributed by atoms with Crippen LogP contribution in [0.2, 0.25) is 0 Å². The topological polar surface area (TPSA) is 526 Å². The van der Waals surface area contributed by atoms with E-state index in [4.69, 9.17) is 94.7 Å². The molecule has 2 fully saturated rings. The van der Waals surface area contributed by atoms with Crippen molar-refractivity contribution in [2.24, 2.45) is 11.3 Å². The van der Waals surface area contributed by atoms with Crippen molar-refractivity contribution in [1.82, 2.24) is 0 Å². The quantitative estimate of drug-likeness (QED) is 0.0313. The molecule has 0 aromatic heterocycles. The zero-order valence-electron chi connectivity index (χ0n) is 97.2. The van der Waals surface area contributed by atoms with Crippen LogP contribution in [-0.2, 0) is 191 Å². The summed E-state index contributed by atoms with van der Waals surface area (Å²) in [7, 11) is 0. The Morgan fingerprint density at radius 1 is 0.262 bits per heavy atom. The number of ether oxygens (including phenoxy) is 20. The molecule has 40 heteroatoms. The van der Waals surface area contributed by atoms with Crippen LogP contribution in [-0.4, -0.2) is 236 Å². The van der Waals surface area contributed by atoms with Crippen molar-refractivity contribution in [3.05, 3.63) is 0 Å². The molecule has 0 aliphatic heterocycles. The number of rotatable bonds is 39. The lowest BCUT2D eigenvalue weighted by Crippen LogP contribution is -2.42. The van der Waals surface area contributed by atoms with Crippen LogP contribution in [0.15, 0.2) is 0 Å². The fourth-order valence-electron chi connectivity index (χ4n) is 9.66. The van der Waals surface area contributed by atoms with Crippen LogP contribution in [0.1, 0.15) is 429 Å². The molecule has 0 N–H and O–H groups in total. The van der Waals surface area contributed by atoms with E-state index in [1.165, 1.54) is 208 Å². The molecule has 0 spiro atoms. The lowest BCUT2D eigenvalue weighted by molar-refractivity contribution is -0.186. The largest absolute Gasteiger partial charge is 0.463 e. The molecule has 846 valence electrons. The molecule has 0 bridgehead atoms. The van der Waals surface area contributed by atoms with Gasteiger partial charge in [-0.3, -0.25) is 47.9 Å². The normalized spacial score (nSPS) is 13.2. The minimum Gasteiger partial charge on any atom is -0.463 e. The van der Waals surface area contributed by atoms with Gasteiger partial charge >= 0.3 is 119 Å².